The Hall–Kier alpha value is -0.0400. The molecule has 2 fully saturated rings. The molecule has 0 aromatic carbocycles. The maximum atomic E-state index is 3.95. The summed E-state index contributed by atoms with van der Waals surface area (Å²) >= 11 is 0. The second-order valence-corrected chi connectivity index (χ2v) is 5.60. The monoisotopic (exact) mass is 195 g/mol. The van der Waals surface area contributed by atoms with E-state index in [2.05, 4.69) is 19.2 Å². The zero-order valence-corrected chi connectivity index (χ0v) is 9.81. The molecule has 2 rings (SSSR count). The SMILES string of the molecule is CCC1(NC2CCCC(C)C2)CCC1. The van der Waals surface area contributed by atoms with Crippen molar-refractivity contribution in [2.24, 2.45) is 5.92 Å². The molecule has 0 radical (unpaired) electrons. The van der Waals surface area contributed by atoms with Gasteiger partial charge in [-0.2, -0.15) is 0 Å². The van der Waals surface area contributed by atoms with Gasteiger partial charge in [0.1, 0.15) is 0 Å². The van der Waals surface area contributed by atoms with Gasteiger partial charge < -0.3 is 5.32 Å². The Morgan fingerprint density at radius 2 is 2.00 bits per heavy atom. The van der Waals surface area contributed by atoms with Gasteiger partial charge in [0, 0.05) is 11.6 Å². The summed E-state index contributed by atoms with van der Waals surface area (Å²) in [5.74, 6) is 0.954. The zero-order valence-electron chi connectivity index (χ0n) is 9.81. The van der Waals surface area contributed by atoms with Gasteiger partial charge in [0.25, 0.3) is 0 Å². The number of nitrogens with one attached hydrogen (secondary N) is 1. The second-order valence-electron chi connectivity index (χ2n) is 5.60. The molecule has 2 aliphatic rings. The van der Waals surface area contributed by atoms with Crippen LogP contribution in [-0.2, 0) is 0 Å². The van der Waals surface area contributed by atoms with E-state index >= 15 is 0 Å². The van der Waals surface area contributed by atoms with Crippen LogP contribution < -0.4 is 5.32 Å². The molecule has 1 N–H and O–H groups in total. The molecular formula is C13H25N. The third-order valence-corrected chi connectivity index (χ3v) is 4.43. The van der Waals surface area contributed by atoms with Crippen LogP contribution in [0.4, 0.5) is 0 Å². The summed E-state index contributed by atoms with van der Waals surface area (Å²) < 4.78 is 0. The summed E-state index contributed by atoms with van der Waals surface area (Å²) in [6.45, 7) is 4.76. The summed E-state index contributed by atoms with van der Waals surface area (Å²) in [5.41, 5.74) is 0.557. The summed E-state index contributed by atoms with van der Waals surface area (Å²) in [6.07, 6.45) is 11.4. The number of rotatable bonds is 3. The van der Waals surface area contributed by atoms with E-state index in [1.807, 2.05) is 0 Å². The Morgan fingerprint density at radius 3 is 2.50 bits per heavy atom. The Labute approximate surface area is 88.7 Å². The Balaban J connectivity index is 1.83. The van der Waals surface area contributed by atoms with Crippen LogP contribution in [0.2, 0.25) is 0 Å². The van der Waals surface area contributed by atoms with E-state index in [0.29, 0.717) is 5.54 Å². The highest BCUT2D eigenvalue weighted by Gasteiger charge is 2.37. The Morgan fingerprint density at radius 1 is 1.21 bits per heavy atom. The van der Waals surface area contributed by atoms with Crippen molar-refractivity contribution in [3.05, 3.63) is 0 Å². The van der Waals surface area contributed by atoms with Crippen LogP contribution in [0.25, 0.3) is 0 Å². The maximum Gasteiger partial charge on any atom is 0.0181 e. The van der Waals surface area contributed by atoms with Gasteiger partial charge in [-0.25, -0.2) is 0 Å². The van der Waals surface area contributed by atoms with E-state index in [-0.39, 0.29) is 0 Å². The predicted molar refractivity (Wildman–Crippen MR) is 61.4 cm³/mol. The fourth-order valence-corrected chi connectivity index (χ4v) is 3.20. The van der Waals surface area contributed by atoms with E-state index in [1.165, 1.54) is 51.4 Å². The summed E-state index contributed by atoms with van der Waals surface area (Å²) in [4.78, 5) is 0. The average Bonchev–Trinajstić information content (AvgIpc) is 2.11. The molecule has 0 saturated heterocycles. The molecule has 0 bridgehead atoms. The topological polar surface area (TPSA) is 12.0 Å². The van der Waals surface area contributed by atoms with E-state index in [0.717, 1.165) is 12.0 Å². The molecule has 1 heteroatoms. The normalized spacial score (nSPS) is 36.4. The van der Waals surface area contributed by atoms with Crippen molar-refractivity contribution in [1.82, 2.24) is 5.32 Å². The third-order valence-electron chi connectivity index (χ3n) is 4.43. The van der Waals surface area contributed by atoms with Crippen LogP contribution in [-0.4, -0.2) is 11.6 Å². The maximum absolute atomic E-state index is 3.95. The lowest BCUT2D eigenvalue weighted by molar-refractivity contribution is 0.133. The molecule has 2 unspecified atom stereocenters. The first-order valence-electron chi connectivity index (χ1n) is 6.52. The van der Waals surface area contributed by atoms with Crippen molar-refractivity contribution in [2.45, 2.75) is 76.8 Å². The molecule has 0 spiro atoms. The Kier molecular flexibility index (Phi) is 3.16. The van der Waals surface area contributed by atoms with E-state index < -0.39 is 0 Å². The van der Waals surface area contributed by atoms with Crippen molar-refractivity contribution < 1.29 is 0 Å². The van der Waals surface area contributed by atoms with Crippen LogP contribution in [0.1, 0.15) is 65.2 Å². The largest absolute Gasteiger partial charge is 0.308 e. The molecular weight excluding hydrogens is 170 g/mol. The number of hydrogen-bond acceptors (Lipinski definition) is 1. The molecule has 0 aromatic heterocycles. The van der Waals surface area contributed by atoms with Crippen LogP contribution >= 0.6 is 0 Å². The molecule has 0 aliphatic heterocycles. The van der Waals surface area contributed by atoms with Gasteiger partial charge in [0.05, 0.1) is 0 Å². The summed E-state index contributed by atoms with van der Waals surface area (Å²) in [6, 6.07) is 0.832. The molecule has 1 nitrogen and oxygen atoms in total. The van der Waals surface area contributed by atoms with E-state index in [1.54, 1.807) is 0 Å². The van der Waals surface area contributed by atoms with Crippen molar-refractivity contribution >= 4 is 0 Å². The van der Waals surface area contributed by atoms with Gasteiger partial charge in [-0.3, -0.25) is 0 Å². The molecule has 0 heterocycles. The molecule has 0 amide bonds. The fraction of sp³-hybridized carbons (Fsp3) is 1.00. The van der Waals surface area contributed by atoms with Crippen LogP contribution in [0.3, 0.4) is 0 Å². The van der Waals surface area contributed by atoms with E-state index in [4.69, 9.17) is 0 Å². The third kappa shape index (κ3) is 2.13. The molecule has 0 aromatic rings. The fourth-order valence-electron chi connectivity index (χ4n) is 3.20. The second kappa shape index (κ2) is 4.22. The highest BCUT2D eigenvalue weighted by atomic mass is 15.0. The van der Waals surface area contributed by atoms with Crippen molar-refractivity contribution in [3.63, 3.8) is 0 Å². The minimum atomic E-state index is 0.557. The highest BCUT2D eigenvalue weighted by molar-refractivity contribution is 4.97. The van der Waals surface area contributed by atoms with Gasteiger partial charge in [-0.05, 0) is 44.4 Å². The van der Waals surface area contributed by atoms with Crippen LogP contribution in [0, 0.1) is 5.92 Å². The highest BCUT2D eigenvalue weighted by Crippen LogP contribution is 2.37. The van der Waals surface area contributed by atoms with Crippen LogP contribution in [0.15, 0.2) is 0 Å². The molecule has 14 heavy (non-hydrogen) atoms. The van der Waals surface area contributed by atoms with Crippen molar-refractivity contribution in [3.8, 4) is 0 Å². The summed E-state index contributed by atoms with van der Waals surface area (Å²) in [5, 5.41) is 3.95. The smallest absolute Gasteiger partial charge is 0.0181 e. The first kappa shape index (κ1) is 10.5. The Bertz CT molecular complexity index is 178. The lowest BCUT2D eigenvalue weighted by Gasteiger charge is -2.46. The average molecular weight is 195 g/mol. The lowest BCUT2D eigenvalue weighted by atomic mass is 9.73. The van der Waals surface area contributed by atoms with Crippen molar-refractivity contribution in [2.75, 3.05) is 0 Å². The quantitative estimate of drug-likeness (QED) is 0.727. The minimum absolute atomic E-state index is 0.557. The lowest BCUT2D eigenvalue weighted by Crippen LogP contribution is -2.55. The molecule has 2 saturated carbocycles. The minimum Gasteiger partial charge on any atom is -0.308 e. The van der Waals surface area contributed by atoms with Gasteiger partial charge in [-0.1, -0.05) is 26.7 Å². The molecule has 2 atom stereocenters. The van der Waals surface area contributed by atoms with Gasteiger partial charge in [0.2, 0.25) is 0 Å². The van der Waals surface area contributed by atoms with Crippen LogP contribution in [0.5, 0.6) is 0 Å². The first-order chi connectivity index (χ1) is 6.74. The first-order valence-corrected chi connectivity index (χ1v) is 6.52. The van der Waals surface area contributed by atoms with Gasteiger partial charge in [-0.15, -0.1) is 0 Å². The van der Waals surface area contributed by atoms with Gasteiger partial charge >= 0.3 is 0 Å². The zero-order chi connectivity index (χ0) is 10.0. The van der Waals surface area contributed by atoms with Crippen molar-refractivity contribution in [1.29, 1.82) is 0 Å². The molecule has 2 aliphatic carbocycles. The number of hydrogen-bond donors (Lipinski definition) is 1. The predicted octanol–water partition coefficient (Wildman–Crippen LogP) is 3.49. The standard InChI is InChI=1S/C13H25N/c1-3-13(8-5-9-13)14-12-7-4-6-11(2)10-12/h11-12,14H,3-10H2,1-2H3. The van der Waals surface area contributed by atoms with Gasteiger partial charge in [0.15, 0.2) is 0 Å². The molecule has 82 valence electrons. The summed E-state index contributed by atoms with van der Waals surface area (Å²) in [7, 11) is 0. The van der Waals surface area contributed by atoms with E-state index in [9.17, 15) is 0 Å².